The van der Waals surface area contributed by atoms with Gasteiger partial charge < -0.3 is 9.47 Å². The van der Waals surface area contributed by atoms with E-state index in [1.165, 1.54) is 23.7 Å². The van der Waals surface area contributed by atoms with Crippen molar-refractivity contribution in [2.45, 2.75) is 52.0 Å². The van der Waals surface area contributed by atoms with Crippen LogP contribution in [0.1, 0.15) is 50.2 Å². The third-order valence-electron chi connectivity index (χ3n) is 5.88. The SMILES string of the molecule is CCOC(=O)COc1ccc(/C=C2/SC(=Nc3ccc(C)cc3)N(C3CCCCC3)C2=O)cc1. The van der Waals surface area contributed by atoms with Gasteiger partial charge in [-0.2, -0.15) is 0 Å². The molecule has 0 N–H and O–H groups in total. The van der Waals surface area contributed by atoms with Crippen molar-refractivity contribution >= 4 is 40.6 Å². The zero-order valence-corrected chi connectivity index (χ0v) is 20.5. The second-order valence-electron chi connectivity index (χ2n) is 8.47. The molecule has 1 aliphatic heterocycles. The Morgan fingerprint density at radius 1 is 1.09 bits per heavy atom. The van der Waals surface area contributed by atoms with Crippen LogP contribution in [0.15, 0.2) is 58.4 Å². The number of amidine groups is 1. The van der Waals surface area contributed by atoms with Crippen molar-refractivity contribution in [1.29, 1.82) is 0 Å². The lowest BCUT2D eigenvalue weighted by Gasteiger charge is -2.30. The zero-order chi connectivity index (χ0) is 23.9. The molecule has 4 rings (SSSR count). The summed E-state index contributed by atoms with van der Waals surface area (Å²) >= 11 is 1.43. The molecule has 1 heterocycles. The summed E-state index contributed by atoms with van der Waals surface area (Å²) < 4.78 is 10.3. The number of amides is 1. The number of thioether (sulfide) groups is 1. The molecule has 6 nitrogen and oxygen atoms in total. The Labute approximate surface area is 205 Å². The topological polar surface area (TPSA) is 68.2 Å². The molecule has 0 aromatic heterocycles. The highest BCUT2D eigenvalue weighted by Gasteiger charge is 2.38. The van der Waals surface area contributed by atoms with E-state index >= 15 is 0 Å². The van der Waals surface area contributed by atoms with Gasteiger partial charge in [0.1, 0.15) is 5.75 Å². The highest BCUT2D eigenvalue weighted by Crippen LogP contribution is 2.38. The molecule has 2 aromatic carbocycles. The Morgan fingerprint density at radius 3 is 2.47 bits per heavy atom. The molecule has 34 heavy (non-hydrogen) atoms. The Hall–Kier alpha value is -3.06. The summed E-state index contributed by atoms with van der Waals surface area (Å²) in [7, 11) is 0. The van der Waals surface area contributed by atoms with E-state index in [0.29, 0.717) is 17.3 Å². The number of aryl methyl sites for hydroxylation is 1. The first-order chi connectivity index (χ1) is 16.5. The summed E-state index contributed by atoms with van der Waals surface area (Å²) in [6, 6.07) is 15.6. The predicted octanol–water partition coefficient (Wildman–Crippen LogP) is 5.87. The summed E-state index contributed by atoms with van der Waals surface area (Å²) in [4.78, 5) is 32.3. The minimum atomic E-state index is -0.398. The minimum absolute atomic E-state index is 0.0189. The summed E-state index contributed by atoms with van der Waals surface area (Å²) in [5.41, 5.74) is 2.92. The first-order valence-corrected chi connectivity index (χ1v) is 12.6. The van der Waals surface area contributed by atoms with E-state index in [2.05, 4.69) is 0 Å². The molecule has 2 aliphatic rings. The molecular weight excluding hydrogens is 448 g/mol. The van der Waals surface area contributed by atoms with Crippen molar-refractivity contribution in [1.82, 2.24) is 4.90 Å². The maximum Gasteiger partial charge on any atom is 0.344 e. The van der Waals surface area contributed by atoms with Gasteiger partial charge in [-0.3, -0.25) is 9.69 Å². The van der Waals surface area contributed by atoms with Crippen LogP contribution in [0, 0.1) is 6.92 Å². The quantitative estimate of drug-likeness (QED) is 0.368. The molecule has 1 amide bonds. The van der Waals surface area contributed by atoms with Crippen LogP contribution in [0.5, 0.6) is 5.75 Å². The van der Waals surface area contributed by atoms with Gasteiger partial charge in [-0.15, -0.1) is 0 Å². The predicted molar refractivity (Wildman–Crippen MR) is 136 cm³/mol. The third kappa shape index (κ3) is 6.08. The second kappa shape index (κ2) is 11.4. The van der Waals surface area contributed by atoms with Crippen LogP contribution >= 0.6 is 11.8 Å². The van der Waals surface area contributed by atoms with Gasteiger partial charge in [-0.05, 0) is 74.4 Å². The zero-order valence-electron chi connectivity index (χ0n) is 19.7. The van der Waals surface area contributed by atoms with Crippen molar-refractivity contribution in [2.24, 2.45) is 4.99 Å². The van der Waals surface area contributed by atoms with E-state index in [4.69, 9.17) is 14.5 Å². The monoisotopic (exact) mass is 478 g/mol. The number of aliphatic imine (C=N–C) groups is 1. The van der Waals surface area contributed by atoms with Crippen molar-refractivity contribution < 1.29 is 19.1 Å². The highest BCUT2D eigenvalue weighted by molar-refractivity contribution is 8.18. The Balaban J connectivity index is 1.53. The summed E-state index contributed by atoms with van der Waals surface area (Å²) in [5.74, 6) is 0.196. The van der Waals surface area contributed by atoms with Gasteiger partial charge in [-0.1, -0.05) is 49.1 Å². The number of nitrogens with zero attached hydrogens (tertiary/aromatic N) is 2. The van der Waals surface area contributed by atoms with Gasteiger partial charge in [0.05, 0.1) is 17.2 Å². The van der Waals surface area contributed by atoms with Crippen LogP contribution in [0.2, 0.25) is 0 Å². The Bertz CT molecular complexity index is 1070. The summed E-state index contributed by atoms with van der Waals surface area (Å²) in [6.07, 6.45) is 7.43. The molecule has 2 fully saturated rings. The van der Waals surface area contributed by atoms with E-state index < -0.39 is 5.97 Å². The molecule has 7 heteroatoms. The highest BCUT2D eigenvalue weighted by atomic mass is 32.2. The van der Waals surface area contributed by atoms with Crippen molar-refractivity contribution in [3.8, 4) is 5.75 Å². The number of rotatable bonds is 7. The number of hydrogen-bond donors (Lipinski definition) is 0. The van der Waals surface area contributed by atoms with Gasteiger partial charge in [0, 0.05) is 6.04 Å². The molecule has 0 unspecified atom stereocenters. The van der Waals surface area contributed by atoms with Gasteiger partial charge in [0.25, 0.3) is 5.91 Å². The number of ether oxygens (including phenoxy) is 2. The molecule has 0 spiro atoms. The smallest absolute Gasteiger partial charge is 0.344 e. The van der Waals surface area contributed by atoms with E-state index in [-0.39, 0.29) is 18.6 Å². The number of carbonyl (C=O) groups excluding carboxylic acids is 2. The second-order valence-corrected chi connectivity index (χ2v) is 9.48. The summed E-state index contributed by atoms with van der Waals surface area (Å²) in [5, 5.41) is 0.751. The number of benzene rings is 2. The van der Waals surface area contributed by atoms with Gasteiger partial charge in [0.15, 0.2) is 11.8 Å². The maximum atomic E-state index is 13.4. The fourth-order valence-electron chi connectivity index (χ4n) is 4.11. The van der Waals surface area contributed by atoms with E-state index in [0.717, 1.165) is 42.1 Å². The van der Waals surface area contributed by atoms with E-state index in [1.54, 1.807) is 19.1 Å². The molecule has 178 valence electrons. The molecule has 0 atom stereocenters. The lowest BCUT2D eigenvalue weighted by atomic mass is 9.94. The number of hydrogen-bond acceptors (Lipinski definition) is 6. The van der Waals surface area contributed by atoms with Gasteiger partial charge in [0.2, 0.25) is 0 Å². The van der Waals surface area contributed by atoms with Crippen LogP contribution in [-0.4, -0.2) is 41.2 Å². The Kier molecular flexibility index (Phi) is 8.06. The molecule has 2 aromatic rings. The lowest BCUT2D eigenvalue weighted by Crippen LogP contribution is -2.40. The fourth-order valence-corrected chi connectivity index (χ4v) is 5.17. The third-order valence-corrected chi connectivity index (χ3v) is 6.86. The first-order valence-electron chi connectivity index (χ1n) is 11.8. The average Bonchev–Trinajstić information content (AvgIpc) is 3.15. The van der Waals surface area contributed by atoms with Crippen LogP contribution in [0.3, 0.4) is 0 Å². The van der Waals surface area contributed by atoms with Crippen LogP contribution in [-0.2, 0) is 14.3 Å². The van der Waals surface area contributed by atoms with Gasteiger partial charge in [-0.25, -0.2) is 9.79 Å². The van der Waals surface area contributed by atoms with Crippen LogP contribution in [0.4, 0.5) is 5.69 Å². The number of carbonyl (C=O) groups is 2. The minimum Gasteiger partial charge on any atom is -0.482 e. The summed E-state index contributed by atoms with van der Waals surface area (Å²) in [6.45, 7) is 4.01. The fraction of sp³-hybridized carbons (Fsp3) is 0.370. The van der Waals surface area contributed by atoms with E-state index in [9.17, 15) is 9.59 Å². The Morgan fingerprint density at radius 2 is 1.79 bits per heavy atom. The van der Waals surface area contributed by atoms with Crippen LogP contribution < -0.4 is 4.74 Å². The van der Waals surface area contributed by atoms with Crippen LogP contribution in [0.25, 0.3) is 6.08 Å². The first kappa shape index (κ1) is 24.1. The molecule has 0 bridgehead atoms. The average molecular weight is 479 g/mol. The maximum absolute atomic E-state index is 13.4. The molecule has 1 aliphatic carbocycles. The molecule has 0 radical (unpaired) electrons. The molecule has 1 saturated carbocycles. The normalized spacial score (nSPS) is 19.1. The van der Waals surface area contributed by atoms with Crippen molar-refractivity contribution in [3.05, 3.63) is 64.6 Å². The molecule has 1 saturated heterocycles. The molecular formula is C27H30N2O4S. The lowest BCUT2D eigenvalue weighted by molar-refractivity contribution is -0.145. The van der Waals surface area contributed by atoms with Crippen molar-refractivity contribution in [3.63, 3.8) is 0 Å². The van der Waals surface area contributed by atoms with E-state index in [1.807, 2.05) is 54.3 Å². The number of esters is 1. The van der Waals surface area contributed by atoms with Gasteiger partial charge >= 0.3 is 5.97 Å². The van der Waals surface area contributed by atoms with Crippen molar-refractivity contribution in [2.75, 3.05) is 13.2 Å². The standard InChI is InChI=1S/C27H30N2O4S/c1-3-32-25(30)18-33-23-15-11-20(12-16-23)17-24-26(31)29(22-7-5-4-6-8-22)27(34-24)28-21-13-9-19(2)10-14-21/h9-17,22H,3-8,18H2,1-2H3/b24-17+,28-27?. The largest absolute Gasteiger partial charge is 0.482 e.